The maximum atomic E-state index is 10.4. The van der Waals surface area contributed by atoms with E-state index in [2.05, 4.69) is 17.9 Å². The fourth-order valence-corrected chi connectivity index (χ4v) is 0.985. The second-order valence-electron chi connectivity index (χ2n) is 2.29. The first-order valence-electron chi connectivity index (χ1n) is 3.40. The molecule has 1 amide bonds. The Morgan fingerprint density at radius 1 is 1.42 bits per heavy atom. The molecule has 0 fully saturated rings. The number of hydrogen-bond acceptors (Lipinski definition) is 1. The molecule has 0 aliphatic heterocycles. The second-order valence-corrected chi connectivity index (χ2v) is 3.13. The molecular formula is C8H8ClNOS. The van der Waals surface area contributed by atoms with Gasteiger partial charge in [0.1, 0.15) is 0 Å². The topological polar surface area (TPSA) is 29.1 Å². The molecule has 0 spiro atoms. The number of carbonyl (C=O) groups is 1. The summed E-state index contributed by atoms with van der Waals surface area (Å²) >= 11 is 9.24. The largest absolute Gasteiger partial charge is 0.343 e. The molecule has 0 aliphatic carbocycles. The highest BCUT2D eigenvalue weighted by Crippen LogP contribution is 2.08. The lowest BCUT2D eigenvalue weighted by Crippen LogP contribution is -2.15. The van der Waals surface area contributed by atoms with Crippen LogP contribution in [-0.4, -0.2) is 5.24 Å². The van der Waals surface area contributed by atoms with Gasteiger partial charge in [0.25, 0.3) is 5.24 Å². The zero-order valence-corrected chi connectivity index (χ0v) is 7.90. The Morgan fingerprint density at radius 2 is 2.00 bits per heavy atom. The number of nitrogens with one attached hydrogen (secondary N) is 1. The number of benzene rings is 1. The number of thiol groups is 1. The molecule has 0 bridgehead atoms. The molecule has 12 heavy (non-hydrogen) atoms. The monoisotopic (exact) mass is 201 g/mol. The molecule has 0 unspecified atom stereocenters. The number of rotatable bonds is 2. The maximum Gasteiger partial charge on any atom is 0.276 e. The van der Waals surface area contributed by atoms with Crippen LogP contribution in [-0.2, 0) is 6.54 Å². The summed E-state index contributed by atoms with van der Waals surface area (Å²) in [7, 11) is 0. The molecule has 1 aromatic carbocycles. The highest BCUT2D eigenvalue weighted by atomic mass is 35.5. The van der Waals surface area contributed by atoms with E-state index in [-0.39, 0.29) is 5.24 Å². The van der Waals surface area contributed by atoms with Crippen molar-refractivity contribution in [3.63, 3.8) is 0 Å². The van der Waals surface area contributed by atoms with Crippen LogP contribution in [0.1, 0.15) is 5.56 Å². The summed E-state index contributed by atoms with van der Waals surface area (Å²) in [5.41, 5.74) is 1.00. The van der Waals surface area contributed by atoms with Crippen molar-refractivity contribution in [3.8, 4) is 0 Å². The first-order valence-corrected chi connectivity index (χ1v) is 4.22. The lowest BCUT2D eigenvalue weighted by molar-refractivity contribution is 0.260. The molecule has 64 valence electrons. The van der Waals surface area contributed by atoms with E-state index in [1.807, 2.05) is 12.1 Å². The van der Waals surface area contributed by atoms with E-state index in [4.69, 9.17) is 11.6 Å². The Morgan fingerprint density at radius 3 is 2.50 bits per heavy atom. The van der Waals surface area contributed by atoms with Gasteiger partial charge in [-0.05, 0) is 17.7 Å². The van der Waals surface area contributed by atoms with Crippen LogP contribution in [0.2, 0.25) is 5.02 Å². The smallest absolute Gasteiger partial charge is 0.276 e. The van der Waals surface area contributed by atoms with Crippen LogP contribution in [0.3, 0.4) is 0 Å². The van der Waals surface area contributed by atoms with Crippen LogP contribution >= 0.6 is 24.2 Å². The van der Waals surface area contributed by atoms with Crippen LogP contribution in [0.25, 0.3) is 0 Å². The number of carbonyl (C=O) groups excluding carboxylic acids is 1. The summed E-state index contributed by atoms with van der Waals surface area (Å²) in [6.07, 6.45) is 0. The predicted molar refractivity (Wildman–Crippen MR) is 52.7 cm³/mol. The highest BCUT2D eigenvalue weighted by molar-refractivity contribution is 7.96. The van der Waals surface area contributed by atoms with Gasteiger partial charge in [-0.2, -0.15) is 0 Å². The Bertz CT molecular complexity index is 273. The van der Waals surface area contributed by atoms with Gasteiger partial charge in [0.05, 0.1) is 0 Å². The molecule has 0 aliphatic rings. The van der Waals surface area contributed by atoms with Gasteiger partial charge < -0.3 is 5.32 Å². The SMILES string of the molecule is O=C(S)NCc1ccc(Cl)cc1. The molecule has 1 rings (SSSR count). The van der Waals surface area contributed by atoms with Crippen molar-refractivity contribution < 1.29 is 4.79 Å². The van der Waals surface area contributed by atoms with Crippen molar-refractivity contribution in [3.05, 3.63) is 34.9 Å². The molecule has 0 saturated heterocycles. The van der Waals surface area contributed by atoms with Gasteiger partial charge in [-0.3, -0.25) is 4.79 Å². The van der Waals surface area contributed by atoms with Crippen molar-refractivity contribution in [1.82, 2.24) is 5.32 Å². The molecule has 1 N–H and O–H groups in total. The van der Waals surface area contributed by atoms with E-state index in [1.54, 1.807) is 12.1 Å². The summed E-state index contributed by atoms with van der Waals surface area (Å²) in [6, 6.07) is 7.27. The average Bonchev–Trinajstić information content (AvgIpc) is 2.03. The third-order valence-corrected chi connectivity index (χ3v) is 1.77. The van der Waals surface area contributed by atoms with Gasteiger partial charge in [-0.1, -0.05) is 36.4 Å². The van der Waals surface area contributed by atoms with Gasteiger partial charge in [-0.15, -0.1) is 0 Å². The Labute approximate surface area is 81.3 Å². The number of amides is 1. The standard InChI is InChI=1S/C8H8ClNOS/c9-7-3-1-6(2-4-7)5-10-8(11)12/h1-4H,5H2,(H2,10,11,12). The predicted octanol–water partition coefficient (Wildman–Crippen LogP) is 2.48. The van der Waals surface area contributed by atoms with Crippen molar-refractivity contribution in [2.24, 2.45) is 0 Å². The molecule has 0 saturated carbocycles. The fraction of sp³-hybridized carbons (Fsp3) is 0.125. The van der Waals surface area contributed by atoms with E-state index < -0.39 is 0 Å². The number of hydrogen-bond donors (Lipinski definition) is 2. The minimum absolute atomic E-state index is 0.329. The summed E-state index contributed by atoms with van der Waals surface area (Å²) in [5.74, 6) is 0. The molecule has 4 heteroatoms. The van der Waals surface area contributed by atoms with E-state index in [1.165, 1.54) is 0 Å². The van der Waals surface area contributed by atoms with Crippen molar-refractivity contribution in [2.75, 3.05) is 0 Å². The molecule has 0 aromatic heterocycles. The summed E-state index contributed by atoms with van der Waals surface area (Å²) in [6.45, 7) is 0.486. The van der Waals surface area contributed by atoms with Crippen LogP contribution in [0.15, 0.2) is 24.3 Å². The minimum Gasteiger partial charge on any atom is -0.343 e. The normalized spacial score (nSPS) is 9.50. The third kappa shape index (κ3) is 3.15. The molecular weight excluding hydrogens is 194 g/mol. The highest BCUT2D eigenvalue weighted by Gasteiger charge is 1.94. The summed E-state index contributed by atoms with van der Waals surface area (Å²) in [5, 5.41) is 2.93. The second kappa shape index (κ2) is 4.38. The number of halogens is 1. The molecule has 0 atom stereocenters. The van der Waals surface area contributed by atoms with E-state index in [0.717, 1.165) is 5.56 Å². The third-order valence-electron chi connectivity index (χ3n) is 1.36. The van der Waals surface area contributed by atoms with Crippen LogP contribution in [0.4, 0.5) is 4.79 Å². The fourth-order valence-electron chi connectivity index (χ4n) is 0.780. The zero-order chi connectivity index (χ0) is 8.97. The lowest BCUT2D eigenvalue weighted by atomic mass is 10.2. The average molecular weight is 202 g/mol. The zero-order valence-electron chi connectivity index (χ0n) is 6.25. The first-order chi connectivity index (χ1) is 5.68. The Kier molecular flexibility index (Phi) is 3.44. The van der Waals surface area contributed by atoms with E-state index in [0.29, 0.717) is 11.6 Å². The van der Waals surface area contributed by atoms with Crippen LogP contribution in [0.5, 0.6) is 0 Å². The molecule has 0 radical (unpaired) electrons. The quantitative estimate of drug-likeness (QED) is 0.708. The first kappa shape index (κ1) is 9.42. The summed E-state index contributed by atoms with van der Waals surface area (Å²) < 4.78 is 0. The van der Waals surface area contributed by atoms with Crippen LogP contribution in [0, 0.1) is 0 Å². The Hall–Kier alpha value is -0.670. The van der Waals surface area contributed by atoms with Gasteiger partial charge in [0, 0.05) is 11.6 Å². The Balaban J connectivity index is 2.53. The van der Waals surface area contributed by atoms with E-state index >= 15 is 0 Å². The lowest BCUT2D eigenvalue weighted by Gasteiger charge is -2.00. The summed E-state index contributed by atoms with van der Waals surface area (Å²) in [4.78, 5) is 10.4. The van der Waals surface area contributed by atoms with Gasteiger partial charge in [-0.25, -0.2) is 0 Å². The molecule has 0 heterocycles. The minimum atomic E-state index is -0.329. The van der Waals surface area contributed by atoms with Crippen molar-refractivity contribution >= 4 is 29.5 Å². The maximum absolute atomic E-state index is 10.4. The van der Waals surface area contributed by atoms with Gasteiger partial charge in [0.15, 0.2) is 0 Å². The van der Waals surface area contributed by atoms with Gasteiger partial charge >= 0.3 is 0 Å². The van der Waals surface area contributed by atoms with E-state index in [9.17, 15) is 4.79 Å². The molecule has 2 nitrogen and oxygen atoms in total. The van der Waals surface area contributed by atoms with Crippen LogP contribution < -0.4 is 5.32 Å². The van der Waals surface area contributed by atoms with Crippen molar-refractivity contribution in [1.29, 1.82) is 0 Å². The molecule has 1 aromatic rings. The van der Waals surface area contributed by atoms with Gasteiger partial charge in [0.2, 0.25) is 0 Å². The van der Waals surface area contributed by atoms with Crippen molar-refractivity contribution in [2.45, 2.75) is 6.54 Å².